The van der Waals surface area contributed by atoms with Crippen molar-refractivity contribution in [2.24, 2.45) is 0 Å². The Morgan fingerprint density at radius 3 is 2.44 bits per heavy atom. The van der Waals surface area contributed by atoms with E-state index in [1.54, 1.807) is 6.07 Å². The number of benzene rings is 1. The van der Waals surface area contributed by atoms with Gasteiger partial charge in [0.05, 0.1) is 0 Å². The van der Waals surface area contributed by atoms with Crippen molar-refractivity contribution in [2.45, 2.75) is 32.1 Å². The molecule has 0 amide bonds. The third-order valence-corrected chi connectivity index (χ3v) is 3.77. The van der Waals surface area contributed by atoms with Crippen LogP contribution in [-0.4, -0.2) is 0 Å². The van der Waals surface area contributed by atoms with Gasteiger partial charge in [0.2, 0.25) is 0 Å². The molecule has 0 spiro atoms. The van der Waals surface area contributed by atoms with Crippen molar-refractivity contribution in [3.8, 4) is 0 Å². The van der Waals surface area contributed by atoms with Crippen LogP contribution in [0.25, 0.3) is 0 Å². The molecule has 0 saturated heterocycles. The predicted molar refractivity (Wildman–Crippen MR) is 76.6 cm³/mol. The van der Waals surface area contributed by atoms with Crippen molar-refractivity contribution in [3.63, 3.8) is 0 Å². The normalized spacial score (nSPS) is 12.7. The van der Waals surface area contributed by atoms with E-state index in [0.717, 1.165) is 18.4 Å². The molecule has 1 aromatic carbocycles. The van der Waals surface area contributed by atoms with E-state index in [2.05, 4.69) is 32.0 Å². The molecule has 18 heavy (non-hydrogen) atoms. The standard InChI is InChI=1S/C15H16Cl2O/c1-3-10-5-6-11(4-2)12(9-10)15(17)13-7-8-14(16)18-13/h5-9,15H,3-4H2,1-2H3. The molecule has 1 atom stereocenters. The van der Waals surface area contributed by atoms with Crippen molar-refractivity contribution in [3.05, 3.63) is 58.0 Å². The van der Waals surface area contributed by atoms with Gasteiger partial charge in [0.15, 0.2) is 5.22 Å². The molecule has 1 aromatic heterocycles. The molecule has 0 N–H and O–H groups in total. The number of rotatable bonds is 4. The van der Waals surface area contributed by atoms with E-state index in [-0.39, 0.29) is 5.38 Å². The first-order valence-electron chi connectivity index (χ1n) is 6.16. The van der Waals surface area contributed by atoms with Gasteiger partial charge in [0.25, 0.3) is 0 Å². The Kier molecular flexibility index (Phi) is 4.36. The summed E-state index contributed by atoms with van der Waals surface area (Å²) in [5.41, 5.74) is 3.65. The summed E-state index contributed by atoms with van der Waals surface area (Å²) < 4.78 is 5.41. The van der Waals surface area contributed by atoms with Crippen molar-refractivity contribution in [1.29, 1.82) is 0 Å². The van der Waals surface area contributed by atoms with Crippen LogP contribution in [0, 0.1) is 0 Å². The predicted octanol–water partition coefficient (Wildman–Crippen LogP) is 5.39. The molecule has 1 unspecified atom stereocenters. The lowest BCUT2D eigenvalue weighted by Gasteiger charge is -2.13. The van der Waals surface area contributed by atoms with Crippen LogP contribution in [0.1, 0.15) is 41.7 Å². The third-order valence-electron chi connectivity index (χ3n) is 3.12. The van der Waals surface area contributed by atoms with Gasteiger partial charge >= 0.3 is 0 Å². The summed E-state index contributed by atoms with van der Waals surface area (Å²) in [6.45, 7) is 4.26. The second-order valence-electron chi connectivity index (χ2n) is 4.24. The van der Waals surface area contributed by atoms with Gasteiger partial charge in [-0.3, -0.25) is 0 Å². The fourth-order valence-corrected chi connectivity index (χ4v) is 2.51. The molecule has 3 heteroatoms. The van der Waals surface area contributed by atoms with Crippen molar-refractivity contribution in [1.82, 2.24) is 0 Å². The van der Waals surface area contributed by atoms with E-state index >= 15 is 0 Å². The summed E-state index contributed by atoms with van der Waals surface area (Å²) in [7, 11) is 0. The maximum Gasteiger partial charge on any atom is 0.193 e. The summed E-state index contributed by atoms with van der Waals surface area (Å²) in [6.07, 6.45) is 1.95. The molecule has 0 bridgehead atoms. The molecule has 1 heterocycles. The molecule has 0 aliphatic heterocycles. The molecule has 0 fully saturated rings. The fraction of sp³-hybridized carbons (Fsp3) is 0.333. The molecule has 96 valence electrons. The van der Waals surface area contributed by atoms with E-state index in [1.165, 1.54) is 11.1 Å². The van der Waals surface area contributed by atoms with E-state index in [1.807, 2.05) is 6.07 Å². The fourth-order valence-electron chi connectivity index (χ4n) is 2.04. The molecule has 0 saturated carbocycles. The maximum absolute atomic E-state index is 6.51. The summed E-state index contributed by atoms with van der Waals surface area (Å²) in [5.74, 6) is 0.699. The van der Waals surface area contributed by atoms with Gasteiger partial charge in [-0.25, -0.2) is 0 Å². The minimum Gasteiger partial charge on any atom is -0.448 e. The lowest BCUT2D eigenvalue weighted by atomic mass is 9.97. The number of halogens is 2. The van der Waals surface area contributed by atoms with Crippen molar-refractivity contribution >= 4 is 23.2 Å². The van der Waals surface area contributed by atoms with Gasteiger partial charge in [-0.2, -0.15) is 0 Å². The maximum atomic E-state index is 6.51. The topological polar surface area (TPSA) is 13.1 Å². The molecule has 2 aromatic rings. The van der Waals surface area contributed by atoms with E-state index in [0.29, 0.717) is 11.0 Å². The Balaban J connectivity index is 2.41. The zero-order valence-electron chi connectivity index (χ0n) is 10.5. The average molecular weight is 283 g/mol. The second kappa shape index (κ2) is 5.81. The molecular weight excluding hydrogens is 267 g/mol. The molecule has 0 aliphatic carbocycles. The first-order chi connectivity index (χ1) is 8.65. The molecular formula is C15H16Cl2O. The van der Waals surface area contributed by atoms with E-state index in [4.69, 9.17) is 27.6 Å². The summed E-state index contributed by atoms with van der Waals surface area (Å²) in [5, 5.41) is 0.0966. The van der Waals surface area contributed by atoms with Crippen LogP contribution in [-0.2, 0) is 12.8 Å². The van der Waals surface area contributed by atoms with Crippen LogP contribution in [0.4, 0.5) is 0 Å². The Labute approximate surface area is 118 Å². The molecule has 1 nitrogen and oxygen atoms in total. The highest BCUT2D eigenvalue weighted by Gasteiger charge is 2.18. The van der Waals surface area contributed by atoms with Crippen LogP contribution >= 0.6 is 23.2 Å². The monoisotopic (exact) mass is 282 g/mol. The zero-order valence-corrected chi connectivity index (χ0v) is 12.1. The van der Waals surface area contributed by atoms with Gasteiger partial charge in [-0.15, -0.1) is 11.6 Å². The Bertz CT molecular complexity index is 531. The Morgan fingerprint density at radius 1 is 1.11 bits per heavy atom. The summed E-state index contributed by atoms with van der Waals surface area (Å²) in [6, 6.07) is 10.0. The van der Waals surface area contributed by atoms with E-state index < -0.39 is 0 Å². The van der Waals surface area contributed by atoms with Crippen LogP contribution in [0.2, 0.25) is 5.22 Å². The largest absolute Gasteiger partial charge is 0.448 e. The number of hydrogen-bond acceptors (Lipinski definition) is 1. The highest BCUT2D eigenvalue weighted by molar-refractivity contribution is 6.29. The Hall–Kier alpha value is -0.920. The highest BCUT2D eigenvalue weighted by atomic mass is 35.5. The molecule has 0 radical (unpaired) electrons. The lowest BCUT2D eigenvalue weighted by molar-refractivity contribution is 0.517. The Morgan fingerprint density at radius 2 is 1.89 bits per heavy atom. The minimum absolute atomic E-state index is 0.279. The summed E-state index contributed by atoms with van der Waals surface area (Å²) in [4.78, 5) is 0. The SMILES string of the molecule is CCc1ccc(CC)c(C(Cl)c2ccc(Cl)o2)c1. The van der Waals surface area contributed by atoms with Gasteiger partial charge in [-0.05, 0) is 53.3 Å². The number of hydrogen-bond donors (Lipinski definition) is 0. The highest BCUT2D eigenvalue weighted by Crippen LogP contribution is 2.34. The first-order valence-corrected chi connectivity index (χ1v) is 6.98. The van der Waals surface area contributed by atoms with Gasteiger partial charge in [-0.1, -0.05) is 32.0 Å². The summed E-state index contributed by atoms with van der Waals surface area (Å²) >= 11 is 12.3. The number of furan rings is 1. The lowest BCUT2D eigenvalue weighted by Crippen LogP contribution is -1.99. The van der Waals surface area contributed by atoms with Gasteiger partial charge in [0, 0.05) is 0 Å². The van der Waals surface area contributed by atoms with Crippen molar-refractivity contribution in [2.75, 3.05) is 0 Å². The van der Waals surface area contributed by atoms with Crippen molar-refractivity contribution < 1.29 is 4.42 Å². The minimum atomic E-state index is -0.279. The third kappa shape index (κ3) is 2.73. The van der Waals surface area contributed by atoms with Crippen LogP contribution in [0.3, 0.4) is 0 Å². The molecule has 0 aliphatic rings. The molecule has 2 rings (SSSR count). The van der Waals surface area contributed by atoms with Gasteiger partial charge < -0.3 is 4.42 Å². The van der Waals surface area contributed by atoms with Crippen LogP contribution in [0.15, 0.2) is 34.7 Å². The van der Waals surface area contributed by atoms with E-state index in [9.17, 15) is 0 Å². The first kappa shape index (κ1) is 13.5. The second-order valence-corrected chi connectivity index (χ2v) is 5.05. The van der Waals surface area contributed by atoms with Gasteiger partial charge in [0.1, 0.15) is 11.1 Å². The smallest absolute Gasteiger partial charge is 0.193 e. The average Bonchev–Trinajstić information content (AvgIpc) is 2.83. The quantitative estimate of drug-likeness (QED) is 0.686. The number of aryl methyl sites for hydroxylation is 2. The van der Waals surface area contributed by atoms with Crippen LogP contribution in [0.5, 0.6) is 0 Å². The zero-order chi connectivity index (χ0) is 13.1. The number of alkyl halides is 1. The van der Waals surface area contributed by atoms with Crippen LogP contribution < -0.4 is 0 Å².